The van der Waals surface area contributed by atoms with E-state index in [0.717, 1.165) is 5.75 Å². The first kappa shape index (κ1) is 13.6. The summed E-state index contributed by atoms with van der Waals surface area (Å²) in [4.78, 5) is 5.09. The van der Waals surface area contributed by atoms with E-state index in [1.54, 1.807) is 0 Å². The van der Waals surface area contributed by atoms with Crippen molar-refractivity contribution in [2.24, 2.45) is 0 Å². The molecule has 0 aromatic heterocycles. The van der Waals surface area contributed by atoms with Gasteiger partial charge in [0.05, 0.1) is 6.61 Å². The van der Waals surface area contributed by atoms with Crippen molar-refractivity contribution in [2.75, 3.05) is 6.61 Å². The molecule has 100 valence electrons. The zero-order valence-corrected chi connectivity index (χ0v) is 11.1. The van der Waals surface area contributed by atoms with Crippen molar-refractivity contribution in [1.82, 2.24) is 5.48 Å². The molecule has 0 atom stereocenters. The average molecular weight is 257 g/mol. The maximum absolute atomic E-state index is 5.72. The Morgan fingerprint density at radius 3 is 2.32 bits per heavy atom. The van der Waals surface area contributed by atoms with Gasteiger partial charge in [-0.2, -0.15) is 5.48 Å². The summed E-state index contributed by atoms with van der Waals surface area (Å²) in [5.41, 5.74) is 5.23. The molecule has 3 heteroatoms. The summed E-state index contributed by atoms with van der Waals surface area (Å²) in [6.07, 6.45) is 0. The summed E-state index contributed by atoms with van der Waals surface area (Å²) in [5.74, 6) is 0.879. The highest BCUT2D eigenvalue weighted by Crippen LogP contribution is 2.14. The van der Waals surface area contributed by atoms with Crippen molar-refractivity contribution >= 4 is 0 Å². The first-order chi connectivity index (χ1) is 9.38. The number of hydrogen-bond acceptors (Lipinski definition) is 3. The molecule has 0 aliphatic heterocycles. The fourth-order valence-corrected chi connectivity index (χ4v) is 1.68. The molecule has 0 radical (unpaired) electrons. The van der Waals surface area contributed by atoms with E-state index in [2.05, 4.69) is 17.6 Å². The Balaban J connectivity index is 1.81. The van der Waals surface area contributed by atoms with Gasteiger partial charge in [-0.25, -0.2) is 0 Å². The maximum atomic E-state index is 5.72. The Kier molecular flexibility index (Phi) is 5.41. The minimum atomic E-state index is 0.595. The molecular weight excluding hydrogens is 238 g/mol. The molecule has 0 fully saturated rings. The van der Waals surface area contributed by atoms with Crippen LogP contribution < -0.4 is 10.2 Å². The number of rotatable bonds is 7. The van der Waals surface area contributed by atoms with Crippen LogP contribution >= 0.6 is 0 Å². The van der Waals surface area contributed by atoms with Gasteiger partial charge in [0, 0.05) is 6.54 Å². The van der Waals surface area contributed by atoms with Crippen LogP contribution in [0.4, 0.5) is 0 Å². The lowest BCUT2D eigenvalue weighted by molar-refractivity contribution is 0.0463. The van der Waals surface area contributed by atoms with Crippen LogP contribution in [0.15, 0.2) is 54.6 Å². The van der Waals surface area contributed by atoms with Gasteiger partial charge in [-0.3, -0.25) is 0 Å². The third-order valence-electron chi connectivity index (χ3n) is 2.69. The third-order valence-corrected chi connectivity index (χ3v) is 2.69. The monoisotopic (exact) mass is 257 g/mol. The molecule has 2 aromatic carbocycles. The van der Waals surface area contributed by atoms with Gasteiger partial charge in [-0.1, -0.05) is 42.5 Å². The second-order valence-corrected chi connectivity index (χ2v) is 4.17. The Labute approximate surface area is 114 Å². The number of benzene rings is 2. The molecule has 1 N–H and O–H groups in total. The molecule has 3 nitrogen and oxygen atoms in total. The summed E-state index contributed by atoms with van der Waals surface area (Å²) in [5, 5.41) is 0. The molecule has 0 spiro atoms. The predicted octanol–water partition coefficient (Wildman–Crippen LogP) is 3.31. The molecule has 2 aromatic rings. The molecule has 0 aliphatic rings. The largest absolute Gasteiger partial charge is 0.489 e. The number of hydrogen-bond donors (Lipinski definition) is 1. The quantitative estimate of drug-likeness (QED) is 0.610. The van der Waals surface area contributed by atoms with Crippen LogP contribution in [0.25, 0.3) is 0 Å². The van der Waals surface area contributed by atoms with E-state index in [1.807, 2.05) is 49.4 Å². The van der Waals surface area contributed by atoms with Gasteiger partial charge < -0.3 is 9.57 Å². The molecular formula is C16H19NO2. The van der Waals surface area contributed by atoms with Crippen LogP contribution in [0.2, 0.25) is 0 Å². The summed E-state index contributed by atoms with van der Waals surface area (Å²) in [6.45, 7) is 3.91. The van der Waals surface area contributed by atoms with Crippen molar-refractivity contribution in [3.05, 3.63) is 65.7 Å². The average Bonchev–Trinajstić information content (AvgIpc) is 2.48. The van der Waals surface area contributed by atoms with Crippen molar-refractivity contribution < 1.29 is 9.57 Å². The second kappa shape index (κ2) is 7.56. The van der Waals surface area contributed by atoms with Gasteiger partial charge in [0.2, 0.25) is 0 Å². The van der Waals surface area contributed by atoms with E-state index in [9.17, 15) is 0 Å². The van der Waals surface area contributed by atoms with Gasteiger partial charge >= 0.3 is 0 Å². The predicted molar refractivity (Wildman–Crippen MR) is 75.7 cm³/mol. The second-order valence-electron chi connectivity index (χ2n) is 4.17. The van der Waals surface area contributed by atoms with Gasteiger partial charge in [0.15, 0.2) is 0 Å². The standard InChI is InChI=1S/C16H19NO2/c1-2-19-17-12-14-8-10-16(11-9-14)18-13-15-6-4-3-5-7-15/h3-11,17H,2,12-13H2,1H3. The molecule has 0 bridgehead atoms. The highest BCUT2D eigenvalue weighted by atomic mass is 16.6. The molecule has 2 rings (SSSR count). The molecule has 0 saturated heterocycles. The SMILES string of the molecule is CCONCc1ccc(OCc2ccccc2)cc1. The van der Waals surface area contributed by atoms with Crippen LogP contribution in [0, 0.1) is 0 Å². The van der Waals surface area contributed by atoms with E-state index >= 15 is 0 Å². The van der Waals surface area contributed by atoms with Gasteiger partial charge in [-0.15, -0.1) is 0 Å². The Morgan fingerprint density at radius 2 is 1.63 bits per heavy atom. The summed E-state index contributed by atoms with van der Waals surface area (Å²) >= 11 is 0. The summed E-state index contributed by atoms with van der Waals surface area (Å²) in [6, 6.07) is 18.2. The summed E-state index contributed by atoms with van der Waals surface area (Å²) in [7, 11) is 0. The zero-order chi connectivity index (χ0) is 13.3. The van der Waals surface area contributed by atoms with Crippen LogP contribution in [0.5, 0.6) is 5.75 Å². The first-order valence-corrected chi connectivity index (χ1v) is 6.49. The van der Waals surface area contributed by atoms with E-state index in [4.69, 9.17) is 9.57 Å². The van der Waals surface area contributed by atoms with E-state index < -0.39 is 0 Å². The van der Waals surface area contributed by atoms with E-state index in [0.29, 0.717) is 19.8 Å². The molecule has 0 aliphatic carbocycles. The minimum Gasteiger partial charge on any atom is -0.489 e. The smallest absolute Gasteiger partial charge is 0.119 e. The fourth-order valence-electron chi connectivity index (χ4n) is 1.68. The highest BCUT2D eigenvalue weighted by molar-refractivity contribution is 5.27. The lowest BCUT2D eigenvalue weighted by Crippen LogP contribution is -2.13. The Hall–Kier alpha value is -1.84. The minimum absolute atomic E-state index is 0.595. The third kappa shape index (κ3) is 4.73. The fraction of sp³-hybridized carbons (Fsp3) is 0.250. The van der Waals surface area contributed by atoms with Crippen LogP contribution in [-0.4, -0.2) is 6.61 Å². The first-order valence-electron chi connectivity index (χ1n) is 6.49. The lowest BCUT2D eigenvalue weighted by atomic mass is 10.2. The van der Waals surface area contributed by atoms with Crippen molar-refractivity contribution in [3.63, 3.8) is 0 Å². The van der Waals surface area contributed by atoms with Gasteiger partial charge in [-0.05, 0) is 30.2 Å². The summed E-state index contributed by atoms with van der Waals surface area (Å²) < 4.78 is 5.72. The lowest BCUT2D eigenvalue weighted by Gasteiger charge is -2.08. The van der Waals surface area contributed by atoms with E-state index in [-0.39, 0.29) is 0 Å². The maximum Gasteiger partial charge on any atom is 0.119 e. The van der Waals surface area contributed by atoms with Crippen LogP contribution in [0.1, 0.15) is 18.1 Å². The molecule has 0 saturated carbocycles. The number of hydroxylamine groups is 1. The highest BCUT2D eigenvalue weighted by Gasteiger charge is 1.97. The molecule has 0 heterocycles. The van der Waals surface area contributed by atoms with Crippen LogP contribution in [0.3, 0.4) is 0 Å². The Morgan fingerprint density at radius 1 is 0.895 bits per heavy atom. The van der Waals surface area contributed by atoms with Crippen molar-refractivity contribution in [3.8, 4) is 5.75 Å². The number of nitrogens with one attached hydrogen (secondary N) is 1. The molecule has 0 amide bonds. The van der Waals surface area contributed by atoms with Crippen LogP contribution in [-0.2, 0) is 18.0 Å². The van der Waals surface area contributed by atoms with E-state index in [1.165, 1.54) is 11.1 Å². The van der Waals surface area contributed by atoms with Crippen molar-refractivity contribution in [1.29, 1.82) is 0 Å². The van der Waals surface area contributed by atoms with Gasteiger partial charge in [0.1, 0.15) is 12.4 Å². The topological polar surface area (TPSA) is 30.5 Å². The molecule has 0 unspecified atom stereocenters. The van der Waals surface area contributed by atoms with Gasteiger partial charge in [0.25, 0.3) is 0 Å². The Bertz CT molecular complexity index is 468. The molecule has 19 heavy (non-hydrogen) atoms. The number of ether oxygens (including phenoxy) is 1. The zero-order valence-electron chi connectivity index (χ0n) is 11.1. The van der Waals surface area contributed by atoms with Crippen molar-refractivity contribution in [2.45, 2.75) is 20.1 Å². The normalized spacial score (nSPS) is 10.4.